The van der Waals surface area contributed by atoms with Gasteiger partial charge in [0.1, 0.15) is 6.04 Å². The van der Waals surface area contributed by atoms with Crippen molar-refractivity contribution >= 4 is 17.9 Å². The van der Waals surface area contributed by atoms with Crippen LogP contribution >= 0.6 is 0 Å². The number of amides is 3. The summed E-state index contributed by atoms with van der Waals surface area (Å²) in [5, 5.41) is 12.6. The molecule has 2 N–H and O–H groups in total. The molecule has 1 aliphatic carbocycles. The van der Waals surface area contributed by atoms with Gasteiger partial charge in [-0.15, -0.1) is 0 Å². The number of carboxylic acid groups (broad SMARTS) is 1. The molecule has 2 atom stereocenters. The second-order valence-corrected chi connectivity index (χ2v) is 9.29. The molecule has 1 aromatic rings. The Bertz CT molecular complexity index is 761. The zero-order valence-electron chi connectivity index (χ0n) is 18.6. The Morgan fingerprint density at radius 2 is 1.81 bits per heavy atom. The van der Waals surface area contributed by atoms with Crippen LogP contribution in [-0.4, -0.2) is 57.5 Å². The van der Waals surface area contributed by atoms with E-state index in [2.05, 4.69) is 5.32 Å². The van der Waals surface area contributed by atoms with E-state index in [-0.39, 0.29) is 36.9 Å². The molecule has 1 saturated carbocycles. The van der Waals surface area contributed by atoms with E-state index in [0.717, 1.165) is 31.2 Å². The molecular formula is C24H35N3O4. The van der Waals surface area contributed by atoms with Crippen LogP contribution in [0.15, 0.2) is 30.3 Å². The van der Waals surface area contributed by atoms with E-state index < -0.39 is 18.1 Å². The highest BCUT2D eigenvalue weighted by Crippen LogP contribution is 2.27. The largest absolute Gasteiger partial charge is 0.481 e. The van der Waals surface area contributed by atoms with Crippen LogP contribution < -0.4 is 5.32 Å². The van der Waals surface area contributed by atoms with Gasteiger partial charge < -0.3 is 20.2 Å². The molecule has 170 valence electrons. The van der Waals surface area contributed by atoms with Crippen molar-refractivity contribution in [2.45, 2.75) is 83.5 Å². The first-order chi connectivity index (χ1) is 14.8. The molecule has 1 heterocycles. The molecule has 31 heavy (non-hydrogen) atoms. The summed E-state index contributed by atoms with van der Waals surface area (Å²) in [6.45, 7) is 4.69. The van der Waals surface area contributed by atoms with Gasteiger partial charge in [-0.25, -0.2) is 4.79 Å². The summed E-state index contributed by atoms with van der Waals surface area (Å²) in [5.74, 6) is -0.864. The van der Waals surface area contributed by atoms with Gasteiger partial charge in [-0.2, -0.15) is 0 Å². The third-order valence-electron chi connectivity index (χ3n) is 6.25. The van der Waals surface area contributed by atoms with E-state index in [9.17, 15) is 19.5 Å². The van der Waals surface area contributed by atoms with Crippen molar-refractivity contribution < 1.29 is 19.5 Å². The van der Waals surface area contributed by atoms with E-state index in [1.807, 2.05) is 44.2 Å². The van der Waals surface area contributed by atoms with Crippen molar-refractivity contribution in [2.75, 3.05) is 6.54 Å². The van der Waals surface area contributed by atoms with Gasteiger partial charge in [-0.05, 0) is 30.7 Å². The lowest BCUT2D eigenvalue weighted by molar-refractivity contribution is -0.148. The second kappa shape index (κ2) is 10.6. The molecule has 7 heteroatoms. The molecule has 0 spiro atoms. The van der Waals surface area contributed by atoms with E-state index >= 15 is 0 Å². The number of benzene rings is 1. The Balaban J connectivity index is 1.84. The maximum atomic E-state index is 13.5. The van der Waals surface area contributed by atoms with E-state index in [1.54, 1.807) is 9.80 Å². The maximum Gasteiger partial charge on any atom is 0.318 e. The number of nitrogens with zero attached hydrogens (tertiary/aromatic N) is 2. The molecule has 2 aliphatic rings. The number of rotatable bonds is 7. The number of carbonyl (C=O) groups is 3. The van der Waals surface area contributed by atoms with Gasteiger partial charge in [0.25, 0.3) is 0 Å². The predicted molar refractivity (Wildman–Crippen MR) is 118 cm³/mol. The van der Waals surface area contributed by atoms with E-state index in [4.69, 9.17) is 0 Å². The standard InChI is InChI=1S/C24H35N3O4/c1-17(2)13-21-23(30)26(15-18-9-5-3-6-10-18)16-20(14-22(28)29)27(21)24(31)25-19-11-7-4-8-12-19/h3,5-6,9-10,17,19-21H,4,7-8,11-16H2,1-2H3,(H,25,31)(H,28,29). The monoisotopic (exact) mass is 429 g/mol. The van der Waals surface area contributed by atoms with Crippen LogP contribution in [0.5, 0.6) is 0 Å². The molecule has 3 amide bonds. The number of aliphatic carboxylic acids is 1. The summed E-state index contributed by atoms with van der Waals surface area (Å²) >= 11 is 0. The fraction of sp³-hybridized carbons (Fsp3) is 0.625. The SMILES string of the molecule is CC(C)CC1C(=O)N(Cc2ccccc2)CC(CC(=O)O)N1C(=O)NC1CCCCC1. The molecule has 1 aromatic carbocycles. The Morgan fingerprint density at radius 1 is 1.13 bits per heavy atom. The Labute approximate surface area is 184 Å². The van der Waals surface area contributed by atoms with Gasteiger partial charge in [-0.3, -0.25) is 9.59 Å². The third kappa shape index (κ3) is 6.21. The maximum absolute atomic E-state index is 13.5. The first-order valence-electron chi connectivity index (χ1n) is 11.5. The lowest BCUT2D eigenvalue weighted by Gasteiger charge is -2.46. The highest BCUT2D eigenvalue weighted by molar-refractivity contribution is 5.89. The number of carboxylic acids is 1. The summed E-state index contributed by atoms with van der Waals surface area (Å²) in [5.41, 5.74) is 0.994. The van der Waals surface area contributed by atoms with Crippen LogP contribution in [0.4, 0.5) is 4.79 Å². The molecule has 1 aliphatic heterocycles. The van der Waals surface area contributed by atoms with Crippen LogP contribution in [0, 0.1) is 5.92 Å². The Hall–Kier alpha value is -2.57. The summed E-state index contributed by atoms with van der Waals surface area (Å²) < 4.78 is 0. The second-order valence-electron chi connectivity index (χ2n) is 9.29. The lowest BCUT2D eigenvalue weighted by atomic mass is 9.94. The van der Waals surface area contributed by atoms with Crippen LogP contribution in [-0.2, 0) is 16.1 Å². The summed E-state index contributed by atoms with van der Waals surface area (Å²) in [4.78, 5) is 41.7. The quantitative estimate of drug-likeness (QED) is 0.693. The zero-order valence-corrected chi connectivity index (χ0v) is 18.6. The minimum absolute atomic E-state index is 0.0991. The summed E-state index contributed by atoms with van der Waals surface area (Å²) in [7, 11) is 0. The van der Waals surface area contributed by atoms with Crippen LogP contribution in [0.1, 0.15) is 64.4 Å². The summed E-state index contributed by atoms with van der Waals surface area (Å²) in [6.07, 6.45) is 5.56. The average Bonchev–Trinajstić information content (AvgIpc) is 2.72. The van der Waals surface area contributed by atoms with Crippen LogP contribution in [0.2, 0.25) is 0 Å². The van der Waals surface area contributed by atoms with Crippen molar-refractivity contribution in [1.82, 2.24) is 15.1 Å². The first kappa shape index (κ1) is 23.1. The molecule has 7 nitrogen and oxygen atoms in total. The predicted octanol–water partition coefficient (Wildman–Crippen LogP) is 3.63. The number of nitrogens with one attached hydrogen (secondary N) is 1. The fourth-order valence-corrected chi connectivity index (χ4v) is 4.79. The molecule has 0 aromatic heterocycles. The topological polar surface area (TPSA) is 90.0 Å². The van der Waals surface area contributed by atoms with E-state index in [0.29, 0.717) is 13.0 Å². The van der Waals surface area contributed by atoms with Gasteiger partial charge in [0.05, 0.1) is 12.5 Å². The van der Waals surface area contributed by atoms with Crippen LogP contribution in [0.3, 0.4) is 0 Å². The highest BCUT2D eigenvalue weighted by atomic mass is 16.4. The van der Waals surface area contributed by atoms with Gasteiger partial charge in [-0.1, -0.05) is 63.4 Å². The molecule has 2 unspecified atom stereocenters. The summed E-state index contributed by atoms with van der Waals surface area (Å²) in [6, 6.07) is 8.30. The van der Waals surface area contributed by atoms with Gasteiger partial charge in [0.15, 0.2) is 0 Å². The lowest BCUT2D eigenvalue weighted by Crippen LogP contribution is -2.66. The Kier molecular flexibility index (Phi) is 7.93. The zero-order chi connectivity index (χ0) is 22.4. The van der Waals surface area contributed by atoms with Crippen LogP contribution in [0.25, 0.3) is 0 Å². The number of piperazine rings is 1. The molecule has 0 radical (unpaired) electrons. The Morgan fingerprint density at radius 3 is 2.42 bits per heavy atom. The van der Waals surface area contributed by atoms with E-state index in [1.165, 1.54) is 6.42 Å². The van der Waals surface area contributed by atoms with Crippen molar-refractivity contribution in [1.29, 1.82) is 0 Å². The number of hydrogen-bond acceptors (Lipinski definition) is 3. The number of urea groups is 1. The number of carbonyl (C=O) groups excluding carboxylic acids is 2. The minimum Gasteiger partial charge on any atom is -0.481 e. The minimum atomic E-state index is -0.960. The van der Waals surface area contributed by atoms with Crippen molar-refractivity contribution in [3.8, 4) is 0 Å². The van der Waals surface area contributed by atoms with Crippen molar-refractivity contribution in [3.63, 3.8) is 0 Å². The van der Waals surface area contributed by atoms with Gasteiger partial charge in [0, 0.05) is 19.1 Å². The average molecular weight is 430 g/mol. The molecule has 3 rings (SSSR count). The van der Waals surface area contributed by atoms with Crippen molar-refractivity contribution in [3.05, 3.63) is 35.9 Å². The molecule has 0 bridgehead atoms. The van der Waals surface area contributed by atoms with Gasteiger partial charge in [0.2, 0.25) is 5.91 Å². The molecule has 1 saturated heterocycles. The van der Waals surface area contributed by atoms with Crippen molar-refractivity contribution in [2.24, 2.45) is 5.92 Å². The number of hydrogen-bond donors (Lipinski definition) is 2. The fourth-order valence-electron chi connectivity index (χ4n) is 4.79. The molecular weight excluding hydrogens is 394 g/mol. The van der Waals surface area contributed by atoms with Gasteiger partial charge >= 0.3 is 12.0 Å². The smallest absolute Gasteiger partial charge is 0.318 e. The normalized spacial score (nSPS) is 22.6. The third-order valence-corrected chi connectivity index (χ3v) is 6.25. The highest BCUT2D eigenvalue weighted by Gasteiger charge is 2.44. The first-order valence-corrected chi connectivity index (χ1v) is 11.5. The molecule has 2 fully saturated rings.